The quantitative estimate of drug-likeness (QED) is 0.333. The molecule has 0 spiro atoms. The molecule has 2 aromatic heterocycles. The molecule has 0 aliphatic rings. The first-order valence-corrected chi connectivity index (χ1v) is 9.52. The van der Waals surface area contributed by atoms with Gasteiger partial charge in [0.1, 0.15) is 0 Å². The smallest absolute Gasteiger partial charge is 0.213 e. The maximum Gasteiger partial charge on any atom is 0.213 e. The largest absolute Gasteiger partial charge is 0.478 e. The fourth-order valence-electron chi connectivity index (χ4n) is 2.37. The predicted molar refractivity (Wildman–Crippen MR) is 121 cm³/mol. The highest BCUT2D eigenvalue weighted by Gasteiger charge is 2.08. The van der Waals surface area contributed by atoms with E-state index in [2.05, 4.69) is 53.5 Å². The lowest BCUT2D eigenvalue weighted by Crippen LogP contribution is -2.42. The zero-order valence-electron chi connectivity index (χ0n) is 15.9. The van der Waals surface area contributed by atoms with Gasteiger partial charge in [0.2, 0.25) is 5.88 Å². The van der Waals surface area contributed by atoms with Gasteiger partial charge in [0.15, 0.2) is 5.96 Å². The second kappa shape index (κ2) is 12.1. The van der Waals surface area contributed by atoms with Gasteiger partial charge in [-0.15, -0.1) is 35.3 Å². The second-order valence-electron chi connectivity index (χ2n) is 6.04. The van der Waals surface area contributed by atoms with Crippen LogP contribution >= 0.6 is 35.3 Å². The molecule has 0 aromatic carbocycles. The van der Waals surface area contributed by atoms with Crippen molar-refractivity contribution in [2.45, 2.75) is 46.2 Å². The minimum atomic E-state index is 0. The molecule has 1 atom stereocenters. The average Bonchev–Trinajstić information content (AvgIpc) is 3.02. The summed E-state index contributed by atoms with van der Waals surface area (Å²) in [5, 5.41) is 6.77. The van der Waals surface area contributed by atoms with Crippen LogP contribution in [0.1, 0.15) is 35.6 Å². The molecule has 2 heterocycles. The summed E-state index contributed by atoms with van der Waals surface area (Å²) >= 11 is 1.85. The Morgan fingerprint density at radius 1 is 1.31 bits per heavy atom. The number of aromatic nitrogens is 1. The highest BCUT2D eigenvalue weighted by molar-refractivity contribution is 14.0. The third kappa shape index (κ3) is 7.90. The van der Waals surface area contributed by atoms with Crippen molar-refractivity contribution >= 4 is 41.3 Å². The third-order valence-electron chi connectivity index (χ3n) is 3.62. The van der Waals surface area contributed by atoms with Crippen LogP contribution in [0.25, 0.3) is 0 Å². The number of nitrogens with zero attached hydrogens (tertiary/aromatic N) is 2. The van der Waals surface area contributed by atoms with Gasteiger partial charge in [-0.2, -0.15) is 0 Å². The van der Waals surface area contributed by atoms with E-state index in [0.717, 1.165) is 24.4 Å². The van der Waals surface area contributed by atoms with Crippen molar-refractivity contribution in [3.63, 3.8) is 0 Å². The molecular formula is C19H29IN4OS. The fourth-order valence-corrected chi connectivity index (χ4v) is 3.39. The second-order valence-corrected chi connectivity index (χ2v) is 7.41. The summed E-state index contributed by atoms with van der Waals surface area (Å²) in [5.74, 6) is 1.47. The van der Waals surface area contributed by atoms with E-state index >= 15 is 0 Å². The number of hydrogen-bond donors (Lipinski definition) is 2. The van der Waals surface area contributed by atoms with Gasteiger partial charge in [0.05, 0.1) is 6.61 Å². The van der Waals surface area contributed by atoms with E-state index in [-0.39, 0.29) is 24.0 Å². The van der Waals surface area contributed by atoms with Crippen LogP contribution in [0, 0.1) is 6.92 Å². The maximum absolute atomic E-state index is 5.50. The number of nitrogens with one attached hydrogen (secondary N) is 2. The standard InChI is InChI=1S/C19H28N4OS.HI/c1-5-10-24-18-9-7-16(12-21-18)13-22-19(20-4)23-14(2)11-17-8-6-15(3)25-17;/h6-9,12,14H,5,10-11,13H2,1-4H3,(H2,20,22,23);1H. The lowest BCUT2D eigenvalue weighted by molar-refractivity contribution is 0.305. The monoisotopic (exact) mass is 488 g/mol. The molecule has 144 valence electrons. The Bertz CT molecular complexity index is 672. The Morgan fingerprint density at radius 3 is 2.69 bits per heavy atom. The Morgan fingerprint density at radius 2 is 2.12 bits per heavy atom. The van der Waals surface area contributed by atoms with Gasteiger partial charge in [-0.25, -0.2) is 4.98 Å². The third-order valence-corrected chi connectivity index (χ3v) is 4.64. The normalized spacial score (nSPS) is 12.2. The first kappa shape index (κ1) is 22.7. The fraction of sp³-hybridized carbons (Fsp3) is 0.474. The summed E-state index contributed by atoms with van der Waals surface area (Å²) in [6.45, 7) is 7.76. The number of aliphatic imine (C=N–C) groups is 1. The summed E-state index contributed by atoms with van der Waals surface area (Å²) in [5.41, 5.74) is 1.09. The van der Waals surface area contributed by atoms with Crippen LogP contribution in [0.3, 0.4) is 0 Å². The van der Waals surface area contributed by atoms with Crippen molar-refractivity contribution in [1.29, 1.82) is 0 Å². The van der Waals surface area contributed by atoms with Crippen LogP contribution in [-0.2, 0) is 13.0 Å². The molecule has 26 heavy (non-hydrogen) atoms. The molecule has 0 fully saturated rings. The van der Waals surface area contributed by atoms with Crippen molar-refractivity contribution in [1.82, 2.24) is 15.6 Å². The summed E-state index contributed by atoms with van der Waals surface area (Å²) in [6.07, 6.45) is 3.81. The number of aryl methyl sites for hydroxylation is 1. The zero-order valence-corrected chi connectivity index (χ0v) is 19.1. The highest BCUT2D eigenvalue weighted by Crippen LogP contribution is 2.16. The molecule has 0 bridgehead atoms. The van der Waals surface area contributed by atoms with Crippen molar-refractivity contribution in [2.75, 3.05) is 13.7 Å². The molecule has 2 rings (SSSR count). The molecule has 2 N–H and O–H groups in total. The first-order chi connectivity index (χ1) is 12.1. The number of thiophene rings is 1. The zero-order chi connectivity index (χ0) is 18.1. The van der Waals surface area contributed by atoms with Crippen LogP contribution in [0.2, 0.25) is 0 Å². The van der Waals surface area contributed by atoms with E-state index in [1.165, 1.54) is 9.75 Å². The minimum absolute atomic E-state index is 0. The van der Waals surface area contributed by atoms with E-state index in [0.29, 0.717) is 25.1 Å². The average molecular weight is 488 g/mol. The summed E-state index contributed by atoms with van der Waals surface area (Å²) in [4.78, 5) is 11.4. The van der Waals surface area contributed by atoms with Crippen LogP contribution in [-0.4, -0.2) is 30.6 Å². The highest BCUT2D eigenvalue weighted by atomic mass is 127. The van der Waals surface area contributed by atoms with Gasteiger partial charge in [-0.3, -0.25) is 4.99 Å². The molecule has 2 aromatic rings. The van der Waals surface area contributed by atoms with E-state index in [1.54, 1.807) is 7.05 Å². The number of ether oxygens (including phenoxy) is 1. The molecule has 0 saturated heterocycles. The van der Waals surface area contributed by atoms with E-state index in [9.17, 15) is 0 Å². The van der Waals surface area contributed by atoms with E-state index in [1.807, 2.05) is 29.7 Å². The Kier molecular flexibility index (Phi) is 10.6. The number of rotatable bonds is 8. The molecule has 5 nitrogen and oxygen atoms in total. The molecule has 0 aliphatic carbocycles. The van der Waals surface area contributed by atoms with Crippen LogP contribution < -0.4 is 15.4 Å². The van der Waals surface area contributed by atoms with Crippen LogP contribution in [0.5, 0.6) is 5.88 Å². The number of pyridine rings is 1. The van der Waals surface area contributed by atoms with Crippen molar-refractivity contribution in [3.05, 3.63) is 45.8 Å². The molecule has 7 heteroatoms. The van der Waals surface area contributed by atoms with E-state index < -0.39 is 0 Å². The Balaban J connectivity index is 0.00000338. The van der Waals surface area contributed by atoms with Crippen molar-refractivity contribution in [3.8, 4) is 5.88 Å². The van der Waals surface area contributed by atoms with Crippen molar-refractivity contribution in [2.24, 2.45) is 4.99 Å². The van der Waals surface area contributed by atoms with Gasteiger partial charge in [-0.1, -0.05) is 13.0 Å². The van der Waals surface area contributed by atoms with Gasteiger partial charge in [-0.05, 0) is 38.0 Å². The molecular weight excluding hydrogens is 459 g/mol. The number of halogens is 1. The molecule has 1 unspecified atom stereocenters. The minimum Gasteiger partial charge on any atom is -0.478 e. The summed E-state index contributed by atoms with van der Waals surface area (Å²) < 4.78 is 5.50. The molecule has 0 aliphatic heterocycles. The topological polar surface area (TPSA) is 58.5 Å². The number of hydrogen-bond acceptors (Lipinski definition) is 4. The lowest BCUT2D eigenvalue weighted by Gasteiger charge is -2.17. The number of guanidine groups is 1. The summed E-state index contributed by atoms with van der Waals surface area (Å²) in [7, 11) is 1.79. The first-order valence-electron chi connectivity index (χ1n) is 8.71. The lowest BCUT2D eigenvalue weighted by atomic mass is 10.2. The summed E-state index contributed by atoms with van der Waals surface area (Å²) in [6, 6.07) is 8.61. The molecule has 0 amide bonds. The maximum atomic E-state index is 5.50. The van der Waals surface area contributed by atoms with Gasteiger partial charge < -0.3 is 15.4 Å². The van der Waals surface area contributed by atoms with Crippen LogP contribution in [0.15, 0.2) is 35.5 Å². The predicted octanol–water partition coefficient (Wildman–Crippen LogP) is 4.15. The van der Waals surface area contributed by atoms with Gasteiger partial charge in [0.25, 0.3) is 0 Å². The van der Waals surface area contributed by atoms with Gasteiger partial charge in [0, 0.05) is 48.1 Å². The molecule has 0 radical (unpaired) electrons. The SMILES string of the molecule is CCCOc1ccc(CNC(=NC)NC(C)Cc2ccc(C)s2)cn1.I. The Labute approximate surface area is 177 Å². The van der Waals surface area contributed by atoms with E-state index in [4.69, 9.17) is 4.74 Å². The van der Waals surface area contributed by atoms with Crippen molar-refractivity contribution < 1.29 is 4.74 Å². The van der Waals surface area contributed by atoms with Gasteiger partial charge >= 0.3 is 0 Å². The van der Waals surface area contributed by atoms with Crippen LogP contribution in [0.4, 0.5) is 0 Å². The Hall–Kier alpha value is -1.35. The molecule has 0 saturated carbocycles.